The summed E-state index contributed by atoms with van der Waals surface area (Å²) in [6.45, 7) is 4.33. The molecule has 0 saturated carbocycles. The molecule has 1 N–H and O–H groups in total. The average Bonchev–Trinajstić information content (AvgIpc) is 3.20. The van der Waals surface area contributed by atoms with Gasteiger partial charge in [-0.2, -0.15) is 5.26 Å². The largest absolute Gasteiger partial charge is 0.333 e. The van der Waals surface area contributed by atoms with Crippen molar-refractivity contribution in [1.82, 2.24) is 9.88 Å². The van der Waals surface area contributed by atoms with Crippen LogP contribution < -0.4 is 5.32 Å². The number of thioether (sulfide) groups is 1. The number of hydrogen-bond acceptors (Lipinski definition) is 4. The lowest BCUT2D eigenvalue weighted by Gasteiger charge is -2.04. The maximum atomic E-state index is 12.5. The Bertz CT molecular complexity index is 1200. The van der Waals surface area contributed by atoms with Gasteiger partial charge in [0.25, 0.3) is 5.91 Å². The molecule has 4 rings (SSSR count). The molecule has 0 radical (unpaired) electrons. The quantitative estimate of drug-likeness (QED) is 0.665. The number of nitrogens with zero attached hydrogens (tertiary/aromatic N) is 3. The Morgan fingerprint density at radius 1 is 1.21 bits per heavy atom. The lowest BCUT2D eigenvalue weighted by Crippen LogP contribution is -2.19. The second-order valence-corrected chi connectivity index (χ2v) is 7.62. The van der Waals surface area contributed by atoms with E-state index in [1.165, 1.54) is 11.8 Å². The number of hydrogen-bond donors (Lipinski definition) is 1. The van der Waals surface area contributed by atoms with Gasteiger partial charge in [0.1, 0.15) is 6.54 Å². The molecule has 1 saturated heterocycles. The number of aromatic nitrogens is 1. The van der Waals surface area contributed by atoms with Crippen molar-refractivity contribution in [1.29, 1.82) is 5.26 Å². The van der Waals surface area contributed by atoms with E-state index in [0.717, 1.165) is 33.3 Å². The summed E-state index contributed by atoms with van der Waals surface area (Å²) in [7, 11) is 0. The zero-order valence-corrected chi connectivity index (χ0v) is 16.4. The topological polar surface area (TPSA) is 70.2 Å². The maximum Gasteiger partial charge on any atom is 0.264 e. The predicted molar refractivity (Wildman–Crippen MR) is 114 cm³/mol. The number of para-hydroxylation sites is 1. The number of aliphatic imine (C=N–C) groups is 1. The van der Waals surface area contributed by atoms with Gasteiger partial charge in [0.15, 0.2) is 5.17 Å². The van der Waals surface area contributed by atoms with Crippen LogP contribution in [0, 0.1) is 25.2 Å². The molecular formula is C22H18N4OS. The molecule has 2 aromatic carbocycles. The summed E-state index contributed by atoms with van der Waals surface area (Å²) < 4.78 is 1.89. The number of benzene rings is 2. The van der Waals surface area contributed by atoms with Gasteiger partial charge >= 0.3 is 0 Å². The molecule has 1 fully saturated rings. The van der Waals surface area contributed by atoms with Gasteiger partial charge in [-0.05, 0) is 54.9 Å². The third kappa shape index (κ3) is 3.32. The average molecular weight is 386 g/mol. The molecule has 138 valence electrons. The molecule has 1 aliphatic heterocycles. The minimum Gasteiger partial charge on any atom is -0.333 e. The van der Waals surface area contributed by atoms with Crippen LogP contribution in [0.25, 0.3) is 17.0 Å². The first-order valence-corrected chi connectivity index (χ1v) is 9.69. The van der Waals surface area contributed by atoms with Gasteiger partial charge in [-0.1, -0.05) is 30.3 Å². The summed E-state index contributed by atoms with van der Waals surface area (Å²) in [5.74, 6) is -0.161. The number of fused-ring (bicyclic) bond motifs is 1. The Hall–Kier alpha value is -3.30. The predicted octanol–water partition coefficient (Wildman–Crippen LogP) is 4.67. The van der Waals surface area contributed by atoms with E-state index in [-0.39, 0.29) is 12.5 Å². The highest BCUT2D eigenvalue weighted by molar-refractivity contribution is 8.18. The highest BCUT2D eigenvalue weighted by Gasteiger charge is 2.24. The zero-order chi connectivity index (χ0) is 19.7. The molecule has 1 aliphatic rings. The number of aryl methyl sites for hydroxylation is 1. The standard InChI is InChI=1S/C22H18N4OS/c1-14-6-5-8-18(15(14)2)24-22-25-21(27)20(28-22)12-16-13-26(11-10-23)19-9-4-3-7-17(16)19/h3-9,12-13H,11H2,1-2H3,(H,24,25,27). The van der Waals surface area contributed by atoms with E-state index >= 15 is 0 Å². The Balaban J connectivity index is 1.69. The van der Waals surface area contributed by atoms with Gasteiger partial charge in [-0.25, -0.2) is 4.99 Å². The fourth-order valence-corrected chi connectivity index (χ4v) is 4.01. The van der Waals surface area contributed by atoms with Crippen LogP contribution in [0.2, 0.25) is 0 Å². The van der Waals surface area contributed by atoms with Crippen molar-refractivity contribution in [2.24, 2.45) is 4.99 Å². The van der Waals surface area contributed by atoms with E-state index in [9.17, 15) is 4.79 Å². The number of carbonyl (C=O) groups is 1. The summed E-state index contributed by atoms with van der Waals surface area (Å²) >= 11 is 1.33. The Morgan fingerprint density at radius 3 is 2.86 bits per heavy atom. The molecule has 0 atom stereocenters. The SMILES string of the molecule is Cc1cccc(N=C2NC(=O)C(=Cc3cn(CC#N)c4ccccc34)S2)c1C. The van der Waals surface area contributed by atoms with E-state index in [0.29, 0.717) is 10.1 Å². The summed E-state index contributed by atoms with van der Waals surface area (Å²) in [4.78, 5) is 17.7. The molecule has 0 spiro atoms. The molecule has 28 heavy (non-hydrogen) atoms. The minimum atomic E-state index is -0.161. The van der Waals surface area contributed by atoms with Gasteiger partial charge in [0, 0.05) is 22.7 Å². The number of nitriles is 1. The van der Waals surface area contributed by atoms with Crippen molar-refractivity contribution in [3.63, 3.8) is 0 Å². The highest BCUT2D eigenvalue weighted by Crippen LogP contribution is 2.32. The lowest BCUT2D eigenvalue weighted by molar-refractivity contribution is -0.115. The van der Waals surface area contributed by atoms with Crippen molar-refractivity contribution < 1.29 is 4.79 Å². The fourth-order valence-electron chi connectivity index (χ4n) is 3.19. The second kappa shape index (κ2) is 7.37. The Kier molecular flexibility index (Phi) is 4.76. The van der Waals surface area contributed by atoms with E-state index in [4.69, 9.17) is 5.26 Å². The van der Waals surface area contributed by atoms with Gasteiger partial charge in [-0.3, -0.25) is 4.79 Å². The Morgan fingerprint density at radius 2 is 2.04 bits per heavy atom. The van der Waals surface area contributed by atoms with E-state index in [1.807, 2.05) is 73.2 Å². The van der Waals surface area contributed by atoms with E-state index in [1.54, 1.807) is 0 Å². The van der Waals surface area contributed by atoms with Gasteiger partial charge in [0.2, 0.25) is 0 Å². The minimum absolute atomic E-state index is 0.161. The van der Waals surface area contributed by atoms with Crippen molar-refractivity contribution in [2.45, 2.75) is 20.4 Å². The first-order chi connectivity index (χ1) is 13.6. The van der Waals surface area contributed by atoms with Crippen molar-refractivity contribution in [3.05, 3.63) is 70.3 Å². The molecule has 0 unspecified atom stereocenters. The summed E-state index contributed by atoms with van der Waals surface area (Å²) in [6, 6.07) is 16.0. The molecule has 1 aromatic heterocycles. The van der Waals surface area contributed by atoms with Gasteiger partial charge < -0.3 is 9.88 Å². The molecule has 1 amide bonds. The van der Waals surface area contributed by atoms with Crippen molar-refractivity contribution in [2.75, 3.05) is 0 Å². The van der Waals surface area contributed by atoms with E-state index < -0.39 is 0 Å². The van der Waals surface area contributed by atoms with Gasteiger partial charge in [-0.15, -0.1) is 0 Å². The number of carbonyl (C=O) groups excluding carboxylic acids is 1. The number of rotatable bonds is 3. The van der Waals surface area contributed by atoms with Crippen molar-refractivity contribution >= 4 is 45.5 Å². The van der Waals surface area contributed by atoms with Crippen LogP contribution in [0.3, 0.4) is 0 Å². The molecule has 5 nitrogen and oxygen atoms in total. The van der Waals surface area contributed by atoms with Crippen LogP contribution in [0.1, 0.15) is 16.7 Å². The number of amides is 1. The van der Waals surface area contributed by atoms with Crippen LogP contribution >= 0.6 is 11.8 Å². The first-order valence-electron chi connectivity index (χ1n) is 8.87. The number of amidine groups is 1. The van der Waals surface area contributed by atoms with Crippen LogP contribution in [0.5, 0.6) is 0 Å². The zero-order valence-electron chi connectivity index (χ0n) is 15.6. The van der Waals surface area contributed by atoms with Crippen LogP contribution in [0.4, 0.5) is 5.69 Å². The summed E-state index contributed by atoms with van der Waals surface area (Å²) in [5.41, 5.74) is 5.01. The van der Waals surface area contributed by atoms with Crippen LogP contribution in [0.15, 0.2) is 58.6 Å². The van der Waals surface area contributed by atoms with Crippen molar-refractivity contribution in [3.8, 4) is 6.07 Å². The molecule has 3 aromatic rings. The Labute approximate surface area is 167 Å². The number of nitrogens with one attached hydrogen (secondary N) is 1. The van der Waals surface area contributed by atoms with Crippen LogP contribution in [-0.4, -0.2) is 15.6 Å². The smallest absolute Gasteiger partial charge is 0.264 e. The van der Waals surface area contributed by atoms with E-state index in [2.05, 4.69) is 16.4 Å². The summed E-state index contributed by atoms with van der Waals surface area (Å²) in [6.07, 6.45) is 3.77. The normalized spacial score (nSPS) is 16.7. The highest BCUT2D eigenvalue weighted by atomic mass is 32.2. The third-order valence-corrected chi connectivity index (χ3v) is 5.71. The molecular weight excluding hydrogens is 368 g/mol. The molecule has 6 heteroatoms. The second-order valence-electron chi connectivity index (χ2n) is 6.59. The molecule has 0 aliphatic carbocycles. The fraction of sp³-hybridized carbons (Fsp3) is 0.136. The molecule has 2 heterocycles. The summed E-state index contributed by atoms with van der Waals surface area (Å²) in [5, 5.41) is 13.5. The van der Waals surface area contributed by atoms with Crippen LogP contribution in [-0.2, 0) is 11.3 Å². The first kappa shape index (κ1) is 18.1. The maximum absolute atomic E-state index is 12.5. The monoisotopic (exact) mass is 386 g/mol. The molecule has 0 bridgehead atoms. The van der Waals surface area contributed by atoms with Gasteiger partial charge in [0.05, 0.1) is 16.7 Å². The third-order valence-electron chi connectivity index (χ3n) is 4.80. The lowest BCUT2D eigenvalue weighted by atomic mass is 10.1.